The van der Waals surface area contributed by atoms with E-state index in [1.807, 2.05) is 4.90 Å². The third kappa shape index (κ3) is 3.74. The highest BCUT2D eigenvalue weighted by molar-refractivity contribution is 9.10. The highest BCUT2D eigenvalue weighted by Crippen LogP contribution is 2.18. The summed E-state index contributed by atoms with van der Waals surface area (Å²) in [5, 5.41) is 0. The van der Waals surface area contributed by atoms with Gasteiger partial charge < -0.3 is 9.80 Å². The Bertz CT molecular complexity index is 235. The van der Waals surface area contributed by atoms with Crippen LogP contribution in [0.4, 0.5) is 0 Å². The summed E-state index contributed by atoms with van der Waals surface area (Å²) in [6.07, 6.45) is 3.26. The van der Waals surface area contributed by atoms with E-state index in [4.69, 9.17) is 0 Å². The third-order valence-corrected chi connectivity index (χ3v) is 4.38. The summed E-state index contributed by atoms with van der Waals surface area (Å²) in [6, 6.07) is 0.597. The van der Waals surface area contributed by atoms with Gasteiger partial charge in [0.05, 0.1) is 4.83 Å². The van der Waals surface area contributed by atoms with Crippen molar-refractivity contribution >= 4 is 21.8 Å². The molecule has 1 saturated heterocycles. The first-order chi connectivity index (χ1) is 7.56. The molecule has 0 aromatic heterocycles. The van der Waals surface area contributed by atoms with Crippen LogP contribution in [-0.4, -0.2) is 53.3 Å². The van der Waals surface area contributed by atoms with Crippen LogP contribution in [0.1, 0.15) is 33.1 Å². The Balaban J connectivity index is 2.34. The fraction of sp³-hybridized carbons (Fsp3) is 0.917. The Morgan fingerprint density at radius 1 is 1.62 bits per heavy atom. The summed E-state index contributed by atoms with van der Waals surface area (Å²) in [5.74, 6) is 0.267. The Morgan fingerprint density at radius 3 is 2.94 bits per heavy atom. The van der Waals surface area contributed by atoms with Crippen molar-refractivity contribution in [1.82, 2.24) is 9.80 Å². The molecule has 16 heavy (non-hydrogen) atoms. The van der Waals surface area contributed by atoms with Crippen molar-refractivity contribution in [2.24, 2.45) is 0 Å². The zero-order chi connectivity index (χ0) is 12.1. The minimum absolute atomic E-state index is 0.0511. The number of likely N-dealkylation sites (tertiary alicyclic amines) is 1. The summed E-state index contributed by atoms with van der Waals surface area (Å²) < 4.78 is 0. The summed E-state index contributed by atoms with van der Waals surface area (Å²) in [7, 11) is 2.13. The van der Waals surface area contributed by atoms with Gasteiger partial charge in [0.15, 0.2) is 0 Å². The maximum atomic E-state index is 11.8. The first-order valence-electron chi connectivity index (χ1n) is 6.19. The smallest absolute Gasteiger partial charge is 0.236 e. The lowest BCUT2D eigenvalue weighted by Crippen LogP contribution is -2.45. The van der Waals surface area contributed by atoms with Gasteiger partial charge in [0, 0.05) is 25.7 Å². The molecule has 1 rings (SSSR count). The number of piperidine rings is 1. The molecule has 1 aliphatic rings. The van der Waals surface area contributed by atoms with Crippen LogP contribution in [0, 0.1) is 0 Å². The van der Waals surface area contributed by atoms with Crippen molar-refractivity contribution in [2.45, 2.75) is 44.0 Å². The van der Waals surface area contributed by atoms with E-state index in [2.05, 4.69) is 41.7 Å². The van der Waals surface area contributed by atoms with Crippen molar-refractivity contribution < 1.29 is 4.79 Å². The van der Waals surface area contributed by atoms with E-state index >= 15 is 0 Å². The van der Waals surface area contributed by atoms with Crippen LogP contribution in [0.3, 0.4) is 0 Å². The van der Waals surface area contributed by atoms with Crippen LogP contribution in [0.2, 0.25) is 0 Å². The fourth-order valence-electron chi connectivity index (χ4n) is 1.93. The first-order valence-corrected chi connectivity index (χ1v) is 7.11. The number of carbonyl (C=O) groups is 1. The average molecular weight is 291 g/mol. The fourth-order valence-corrected chi connectivity index (χ4v) is 2.54. The van der Waals surface area contributed by atoms with E-state index in [0.29, 0.717) is 6.04 Å². The second-order valence-electron chi connectivity index (χ2n) is 4.67. The van der Waals surface area contributed by atoms with Gasteiger partial charge in [-0.05, 0) is 33.2 Å². The monoisotopic (exact) mass is 290 g/mol. The highest BCUT2D eigenvalue weighted by atomic mass is 79.9. The molecule has 0 saturated carbocycles. The van der Waals surface area contributed by atoms with Gasteiger partial charge >= 0.3 is 0 Å². The largest absolute Gasteiger partial charge is 0.340 e. The maximum Gasteiger partial charge on any atom is 0.236 e. The van der Waals surface area contributed by atoms with Crippen molar-refractivity contribution in [3.63, 3.8) is 0 Å². The van der Waals surface area contributed by atoms with Crippen molar-refractivity contribution in [3.8, 4) is 0 Å². The topological polar surface area (TPSA) is 23.6 Å². The predicted octanol–water partition coefficient (Wildman–Crippen LogP) is 2.10. The van der Waals surface area contributed by atoms with Crippen LogP contribution < -0.4 is 0 Å². The Kier molecular flexibility index (Phi) is 5.76. The molecule has 1 aliphatic heterocycles. The molecule has 0 aromatic rings. The van der Waals surface area contributed by atoms with E-state index in [0.717, 1.165) is 38.9 Å². The van der Waals surface area contributed by atoms with Gasteiger partial charge in [-0.1, -0.05) is 22.9 Å². The summed E-state index contributed by atoms with van der Waals surface area (Å²) >= 11 is 3.44. The van der Waals surface area contributed by atoms with Gasteiger partial charge in [0.2, 0.25) is 5.91 Å². The Morgan fingerprint density at radius 2 is 2.31 bits per heavy atom. The number of carbonyl (C=O) groups excluding carboxylic acids is 1. The van der Waals surface area contributed by atoms with Crippen LogP contribution >= 0.6 is 15.9 Å². The van der Waals surface area contributed by atoms with Gasteiger partial charge in [-0.25, -0.2) is 0 Å². The van der Waals surface area contributed by atoms with Gasteiger partial charge in [-0.2, -0.15) is 0 Å². The van der Waals surface area contributed by atoms with Gasteiger partial charge in [0.25, 0.3) is 0 Å². The number of rotatable bonds is 5. The van der Waals surface area contributed by atoms with Crippen LogP contribution in [0.25, 0.3) is 0 Å². The molecule has 1 amide bonds. The molecular formula is C12H23BrN2O. The highest BCUT2D eigenvalue weighted by Gasteiger charge is 2.26. The van der Waals surface area contributed by atoms with Crippen LogP contribution in [0.5, 0.6) is 0 Å². The van der Waals surface area contributed by atoms with Gasteiger partial charge in [-0.15, -0.1) is 0 Å². The molecule has 2 unspecified atom stereocenters. The molecule has 1 heterocycles. The third-order valence-electron chi connectivity index (χ3n) is 3.53. The van der Waals surface area contributed by atoms with E-state index in [1.165, 1.54) is 0 Å². The van der Waals surface area contributed by atoms with E-state index in [1.54, 1.807) is 0 Å². The van der Waals surface area contributed by atoms with Crippen LogP contribution in [-0.2, 0) is 4.79 Å². The number of halogens is 1. The molecule has 1 fully saturated rings. The zero-order valence-corrected chi connectivity index (χ0v) is 12.2. The maximum absolute atomic E-state index is 11.8. The second-order valence-corrected chi connectivity index (χ2v) is 5.78. The molecule has 0 N–H and O–H groups in total. The van der Waals surface area contributed by atoms with E-state index in [-0.39, 0.29) is 10.7 Å². The van der Waals surface area contributed by atoms with Crippen molar-refractivity contribution in [1.29, 1.82) is 0 Å². The normalized spacial score (nSPS) is 23.9. The SMILES string of the molecule is CCC(C)N(C)CCN1CCCC(Br)C1=O. The average Bonchev–Trinajstić information content (AvgIpc) is 2.29. The lowest BCUT2D eigenvalue weighted by Gasteiger charge is -2.32. The molecule has 0 spiro atoms. The Labute approximate surface area is 107 Å². The summed E-state index contributed by atoms with van der Waals surface area (Å²) in [6.45, 7) is 7.19. The van der Waals surface area contributed by atoms with Crippen LogP contribution in [0.15, 0.2) is 0 Å². The molecule has 3 nitrogen and oxygen atoms in total. The molecular weight excluding hydrogens is 268 g/mol. The standard InChI is InChI=1S/C12H23BrN2O/c1-4-10(2)14(3)8-9-15-7-5-6-11(13)12(15)16/h10-11H,4-9H2,1-3H3. The molecule has 0 radical (unpaired) electrons. The second kappa shape index (κ2) is 6.60. The van der Waals surface area contributed by atoms with Crippen molar-refractivity contribution in [3.05, 3.63) is 0 Å². The van der Waals surface area contributed by atoms with E-state index < -0.39 is 0 Å². The first kappa shape index (κ1) is 14.0. The molecule has 4 heteroatoms. The summed E-state index contributed by atoms with van der Waals surface area (Å²) in [5.41, 5.74) is 0. The minimum Gasteiger partial charge on any atom is -0.340 e. The number of likely N-dealkylation sites (N-methyl/N-ethyl adjacent to an activating group) is 1. The lowest BCUT2D eigenvalue weighted by molar-refractivity contribution is -0.132. The number of amides is 1. The molecule has 0 aliphatic carbocycles. The molecule has 2 atom stereocenters. The predicted molar refractivity (Wildman–Crippen MR) is 70.9 cm³/mol. The van der Waals surface area contributed by atoms with Gasteiger partial charge in [-0.3, -0.25) is 4.79 Å². The quantitative estimate of drug-likeness (QED) is 0.724. The number of hydrogen-bond donors (Lipinski definition) is 0. The van der Waals surface area contributed by atoms with E-state index in [9.17, 15) is 4.79 Å². The van der Waals surface area contributed by atoms with Gasteiger partial charge in [0.1, 0.15) is 0 Å². The molecule has 0 aromatic carbocycles. The minimum atomic E-state index is 0.0511. The number of nitrogens with zero attached hydrogens (tertiary/aromatic N) is 2. The van der Waals surface area contributed by atoms with Crippen molar-refractivity contribution in [2.75, 3.05) is 26.7 Å². The number of alkyl halides is 1. The number of hydrogen-bond acceptors (Lipinski definition) is 2. The molecule has 0 bridgehead atoms. The molecule has 94 valence electrons. The lowest BCUT2D eigenvalue weighted by atomic mass is 10.1. The summed E-state index contributed by atoms with van der Waals surface area (Å²) in [4.78, 5) is 16.2. The Hall–Kier alpha value is -0.0900. The zero-order valence-electron chi connectivity index (χ0n) is 10.6.